The molecule has 0 aromatic heterocycles. The minimum atomic E-state index is -5.17. The number of alkyl halides is 4. The molecule has 0 aliphatic rings. The normalized spacial score (nSPS) is 13.2. The van der Waals surface area contributed by atoms with E-state index in [0.717, 1.165) is 25.7 Å². The first kappa shape index (κ1) is 20.2. The maximum absolute atomic E-state index is 12.5. The molecule has 0 aliphatic carbocycles. The Bertz CT molecular complexity index is 267. The highest BCUT2D eigenvalue weighted by molar-refractivity contribution is 5.75. The van der Waals surface area contributed by atoms with Crippen LogP contribution in [0.4, 0.5) is 17.6 Å². The minimum Gasteiger partial charge on any atom is -0.463 e. The molecule has 21 heavy (non-hydrogen) atoms. The molecule has 0 N–H and O–H groups in total. The van der Waals surface area contributed by atoms with E-state index >= 15 is 0 Å². The molecule has 0 amide bonds. The number of esters is 1. The number of hydrogen-bond acceptors (Lipinski definition) is 2. The average molecular weight is 314 g/mol. The van der Waals surface area contributed by atoms with Crippen LogP contribution in [-0.4, -0.2) is 24.9 Å². The SMILES string of the molecule is CCCCCCCCCCCCOC(=O)C(F)C(F)(F)F. The number of unbranched alkanes of at least 4 members (excludes halogenated alkanes) is 9. The molecular formula is C15H26F4O2. The van der Waals surface area contributed by atoms with Crippen molar-refractivity contribution in [3.05, 3.63) is 0 Å². The second-order valence-corrected chi connectivity index (χ2v) is 5.25. The van der Waals surface area contributed by atoms with Crippen molar-refractivity contribution in [3.8, 4) is 0 Å². The van der Waals surface area contributed by atoms with Crippen LogP contribution in [0, 0.1) is 0 Å². The second-order valence-electron chi connectivity index (χ2n) is 5.25. The fourth-order valence-corrected chi connectivity index (χ4v) is 1.97. The second kappa shape index (κ2) is 11.8. The van der Waals surface area contributed by atoms with Gasteiger partial charge in [0.1, 0.15) is 0 Å². The summed E-state index contributed by atoms with van der Waals surface area (Å²) in [6.07, 6.45) is 2.00. The smallest absolute Gasteiger partial charge is 0.430 e. The van der Waals surface area contributed by atoms with E-state index in [9.17, 15) is 22.4 Å². The third kappa shape index (κ3) is 11.5. The van der Waals surface area contributed by atoms with Crippen molar-refractivity contribution >= 4 is 5.97 Å². The largest absolute Gasteiger partial charge is 0.463 e. The zero-order valence-electron chi connectivity index (χ0n) is 12.7. The summed E-state index contributed by atoms with van der Waals surface area (Å²) < 4.78 is 52.3. The van der Waals surface area contributed by atoms with Gasteiger partial charge in [-0.25, -0.2) is 9.18 Å². The van der Waals surface area contributed by atoms with Crippen molar-refractivity contribution in [3.63, 3.8) is 0 Å². The van der Waals surface area contributed by atoms with E-state index < -0.39 is 18.3 Å². The molecule has 0 aromatic carbocycles. The van der Waals surface area contributed by atoms with Gasteiger partial charge in [0.15, 0.2) is 0 Å². The van der Waals surface area contributed by atoms with Gasteiger partial charge in [-0.3, -0.25) is 0 Å². The molecule has 0 radical (unpaired) electrons. The van der Waals surface area contributed by atoms with Crippen LogP contribution >= 0.6 is 0 Å². The summed E-state index contributed by atoms with van der Waals surface area (Å²) in [6.45, 7) is 2.03. The van der Waals surface area contributed by atoms with E-state index in [1.54, 1.807) is 0 Å². The summed E-state index contributed by atoms with van der Waals surface area (Å²) in [5.41, 5.74) is 0. The van der Waals surface area contributed by atoms with E-state index in [-0.39, 0.29) is 6.61 Å². The fraction of sp³-hybridized carbons (Fsp3) is 0.933. The predicted molar refractivity (Wildman–Crippen MR) is 73.8 cm³/mol. The van der Waals surface area contributed by atoms with Gasteiger partial charge in [0.2, 0.25) is 0 Å². The van der Waals surface area contributed by atoms with Gasteiger partial charge in [-0.05, 0) is 6.42 Å². The highest BCUT2D eigenvalue weighted by Gasteiger charge is 2.46. The standard InChI is InChI=1S/C15H26F4O2/c1-2-3-4-5-6-7-8-9-10-11-12-21-14(20)13(16)15(17,18)19/h13H,2-12H2,1H3. The van der Waals surface area contributed by atoms with Crippen molar-refractivity contribution in [1.29, 1.82) is 0 Å². The number of halogens is 4. The molecule has 1 unspecified atom stereocenters. The van der Waals surface area contributed by atoms with Crippen LogP contribution in [0.1, 0.15) is 71.1 Å². The van der Waals surface area contributed by atoms with Gasteiger partial charge in [-0.1, -0.05) is 64.7 Å². The fourth-order valence-electron chi connectivity index (χ4n) is 1.97. The Kier molecular flexibility index (Phi) is 11.4. The first-order chi connectivity index (χ1) is 9.89. The van der Waals surface area contributed by atoms with Gasteiger partial charge in [-0.2, -0.15) is 13.2 Å². The molecule has 0 fully saturated rings. The first-order valence-corrected chi connectivity index (χ1v) is 7.77. The van der Waals surface area contributed by atoms with Crippen molar-refractivity contribution in [2.75, 3.05) is 6.61 Å². The predicted octanol–water partition coefficient (Wildman–Crippen LogP) is 5.35. The van der Waals surface area contributed by atoms with Crippen molar-refractivity contribution in [2.24, 2.45) is 0 Å². The Morgan fingerprint density at radius 1 is 0.905 bits per heavy atom. The van der Waals surface area contributed by atoms with Gasteiger partial charge in [0.25, 0.3) is 6.17 Å². The number of carbonyl (C=O) groups excluding carboxylic acids is 1. The Morgan fingerprint density at radius 3 is 1.76 bits per heavy atom. The molecule has 2 nitrogen and oxygen atoms in total. The van der Waals surface area contributed by atoms with Gasteiger partial charge in [0.05, 0.1) is 6.61 Å². The molecule has 0 spiro atoms. The zero-order chi connectivity index (χ0) is 16.1. The average Bonchev–Trinajstić information content (AvgIpc) is 2.42. The monoisotopic (exact) mass is 314 g/mol. The third-order valence-corrected chi connectivity index (χ3v) is 3.24. The molecule has 0 bridgehead atoms. The van der Waals surface area contributed by atoms with Crippen molar-refractivity contribution < 1.29 is 27.1 Å². The molecule has 0 rings (SSSR count). The Morgan fingerprint density at radius 2 is 1.33 bits per heavy atom. The molecule has 0 heterocycles. The number of hydrogen-bond donors (Lipinski definition) is 0. The molecule has 0 aliphatic heterocycles. The van der Waals surface area contributed by atoms with Crippen LogP contribution in [0.25, 0.3) is 0 Å². The van der Waals surface area contributed by atoms with Crippen molar-refractivity contribution in [2.45, 2.75) is 83.5 Å². The van der Waals surface area contributed by atoms with Crippen LogP contribution in [0.2, 0.25) is 0 Å². The van der Waals surface area contributed by atoms with Gasteiger partial charge >= 0.3 is 12.1 Å². The summed E-state index contributed by atoms with van der Waals surface area (Å²) in [5, 5.41) is 0. The third-order valence-electron chi connectivity index (χ3n) is 3.24. The van der Waals surface area contributed by atoms with Crippen LogP contribution in [0.5, 0.6) is 0 Å². The van der Waals surface area contributed by atoms with Crippen molar-refractivity contribution in [1.82, 2.24) is 0 Å². The van der Waals surface area contributed by atoms with Crippen LogP contribution < -0.4 is 0 Å². The summed E-state index contributed by atoms with van der Waals surface area (Å²) in [5.74, 6) is -1.83. The van der Waals surface area contributed by atoms with Gasteiger partial charge in [-0.15, -0.1) is 0 Å². The number of rotatable bonds is 12. The topological polar surface area (TPSA) is 26.3 Å². The maximum atomic E-state index is 12.5. The Hall–Kier alpha value is -0.810. The molecule has 1 atom stereocenters. The molecular weight excluding hydrogens is 288 g/mol. The molecule has 6 heteroatoms. The Labute approximate surface area is 124 Å². The lowest BCUT2D eigenvalue weighted by atomic mass is 10.1. The Balaban J connectivity index is 3.35. The van der Waals surface area contributed by atoms with Crippen LogP contribution in [-0.2, 0) is 9.53 Å². The minimum absolute atomic E-state index is 0.147. The summed E-state index contributed by atoms with van der Waals surface area (Å²) in [6, 6.07) is 0. The highest BCUT2D eigenvalue weighted by Crippen LogP contribution is 2.23. The summed E-state index contributed by atoms with van der Waals surface area (Å²) >= 11 is 0. The molecule has 0 aromatic rings. The molecule has 0 saturated heterocycles. The lowest BCUT2D eigenvalue weighted by Gasteiger charge is -2.11. The lowest BCUT2D eigenvalue weighted by Crippen LogP contribution is -2.34. The molecule has 126 valence electrons. The highest BCUT2D eigenvalue weighted by atomic mass is 19.4. The quantitative estimate of drug-likeness (QED) is 0.276. The summed E-state index contributed by atoms with van der Waals surface area (Å²) in [4.78, 5) is 10.7. The van der Waals surface area contributed by atoms with E-state index in [1.807, 2.05) is 0 Å². The van der Waals surface area contributed by atoms with Gasteiger partial charge < -0.3 is 4.74 Å². The molecule has 0 saturated carbocycles. The van der Waals surface area contributed by atoms with Crippen LogP contribution in [0.3, 0.4) is 0 Å². The van der Waals surface area contributed by atoms with E-state index in [1.165, 1.54) is 32.1 Å². The lowest BCUT2D eigenvalue weighted by molar-refractivity contribution is -0.201. The first-order valence-electron chi connectivity index (χ1n) is 7.77. The number of ether oxygens (including phenoxy) is 1. The van der Waals surface area contributed by atoms with Gasteiger partial charge in [0, 0.05) is 0 Å². The van der Waals surface area contributed by atoms with E-state index in [2.05, 4.69) is 11.7 Å². The number of carbonyl (C=O) groups is 1. The van der Waals surface area contributed by atoms with E-state index in [0.29, 0.717) is 6.42 Å². The zero-order valence-corrected chi connectivity index (χ0v) is 12.7. The maximum Gasteiger partial charge on any atom is 0.430 e. The van der Waals surface area contributed by atoms with Crippen LogP contribution in [0.15, 0.2) is 0 Å². The summed E-state index contributed by atoms with van der Waals surface area (Å²) in [7, 11) is 0. The van der Waals surface area contributed by atoms with E-state index in [4.69, 9.17) is 0 Å².